The fourth-order valence-electron chi connectivity index (χ4n) is 2.51. The molecule has 1 heterocycles. The van der Waals surface area contributed by atoms with Gasteiger partial charge in [0.05, 0.1) is 0 Å². The monoisotopic (exact) mass is 267 g/mol. The fraction of sp³-hybridized carbons (Fsp3) is 0.600. The van der Waals surface area contributed by atoms with Crippen molar-refractivity contribution < 1.29 is 4.39 Å². The molecule has 0 bridgehead atoms. The molecule has 18 heavy (non-hydrogen) atoms. The van der Waals surface area contributed by atoms with Crippen LogP contribution in [0.25, 0.3) is 0 Å². The number of halogens is 1. The van der Waals surface area contributed by atoms with Gasteiger partial charge in [-0.05, 0) is 42.2 Å². The predicted octanol–water partition coefficient (Wildman–Crippen LogP) is 3.49. The van der Waals surface area contributed by atoms with Crippen molar-refractivity contribution in [1.29, 1.82) is 0 Å². The molecule has 0 radical (unpaired) electrons. The first-order valence-electron chi connectivity index (χ1n) is 6.61. The minimum Gasteiger partial charge on any atom is -0.313 e. The fourth-order valence-corrected chi connectivity index (χ4v) is 3.81. The van der Waals surface area contributed by atoms with Crippen molar-refractivity contribution in [3.63, 3.8) is 0 Å². The number of nitrogens with one attached hydrogen (secondary N) is 1. The van der Waals surface area contributed by atoms with Crippen LogP contribution in [0.2, 0.25) is 0 Å². The Morgan fingerprint density at radius 3 is 2.89 bits per heavy atom. The molecule has 100 valence electrons. The Labute approximate surface area is 114 Å². The molecule has 0 amide bonds. The summed E-state index contributed by atoms with van der Waals surface area (Å²) < 4.78 is 13.4. The van der Waals surface area contributed by atoms with Crippen LogP contribution in [-0.4, -0.2) is 24.1 Å². The molecule has 1 N–H and O–H groups in total. The van der Waals surface area contributed by atoms with E-state index in [4.69, 9.17) is 0 Å². The molecule has 1 unspecified atom stereocenters. The maximum absolute atomic E-state index is 13.4. The molecule has 1 nitrogen and oxygen atoms in total. The molecule has 1 atom stereocenters. The summed E-state index contributed by atoms with van der Waals surface area (Å²) in [6, 6.07) is 7.63. The molecule has 1 saturated heterocycles. The summed E-state index contributed by atoms with van der Waals surface area (Å²) in [4.78, 5) is 0. The first-order chi connectivity index (χ1) is 8.57. The zero-order valence-corrected chi connectivity index (χ0v) is 12.0. The second-order valence-corrected chi connectivity index (χ2v) is 6.91. The van der Waals surface area contributed by atoms with E-state index in [9.17, 15) is 4.39 Å². The summed E-state index contributed by atoms with van der Waals surface area (Å²) in [5.41, 5.74) is 1.24. The van der Waals surface area contributed by atoms with Crippen LogP contribution in [0.15, 0.2) is 24.3 Å². The lowest BCUT2D eigenvalue weighted by Crippen LogP contribution is -2.41. The average Bonchev–Trinajstić information content (AvgIpc) is 2.30. The van der Waals surface area contributed by atoms with Gasteiger partial charge in [-0.1, -0.05) is 32.0 Å². The third kappa shape index (κ3) is 3.99. The van der Waals surface area contributed by atoms with E-state index in [0.717, 1.165) is 18.5 Å². The lowest BCUT2D eigenvalue weighted by Gasteiger charge is -2.35. The summed E-state index contributed by atoms with van der Waals surface area (Å²) in [7, 11) is 0. The topological polar surface area (TPSA) is 12.0 Å². The molecular formula is C15H22FNS. The highest BCUT2D eigenvalue weighted by molar-refractivity contribution is 7.99. The van der Waals surface area contributed by atoms with Crippen LogP contribution < -0.4 is 5.32 Å². The standard InChI is InChI=1S/C15H22FNS/c1-15(2)9-13(10-18-11-15)17-8-7-12-5-3-4-6-14(12)16/h3-6,13,17H,7-11H2,1-2H3. The minimum absolute atomic E-state index is 0.0855. The van der Waals surface area contributed by atoms with E-state index in [1.165, 1.54) is 24.0 Å². The highest BCUT2D eigenvalue weighted by atomic mass is 32.2. The molecule has 1 aromatic rings. The Morgan fingerprint density at radius 1 is 1.39 bits per heavy atom. The highest BCUT2D eigenvalue weighted by Crippen LogP contribution is 2.33. The Morgan fingerprint density at radius 2 is 2.17 bits per heavy atom. The second kappa shape index (κ2) is 6.07. The highest BCUT2D eigenvalue weighted by Gasteiger charge is 2.27. The van der Waals surface area contributed by atoms with Crippen LogP contribution >= 0.6 is 11.8 Å². The van der Waals surface area contributed by atoms with Crippen molar-refractivity contribution in [2.24, 2.45) is 5.41 Å². The molecule has 0 aliphatic carbocycles. The number of thioether (sulfide) groups is 1. The smallest absolute Gasteiger partial charge is 0.126 e. The van der Waals surface area contributed by atoms with Gasteiger partial charge in [0.2, 0.25) is 0 Å². The quantitative estimate of drug-likeness (QED) is 0.896. The zero-order chi connectivity index (χ0) is 13.0. The van der Waals surface area contributed by atoms with E-state index in [1.807, 2.05) is 23.9 Å². The first kappa shape index (κ1) is 13.9. The Balaban J connectivity index is 1.77. The molecule has 0 aromatic heterocycles. The Hall–Kier alpha value is -0.540. The minimum atomic E-state index is -0.0855. The van der Waals surface area contributed by atoms with E-state index in [0.29, 0.717) is 11.5 Å². The number of hydrogen-bond donors (Lipinski definition) is 1. The second-order valence-electron chi connectivity index (χ2n) is 5.88. The Bertz CT molecular complexity index is 392. The van der Waals surface area contributed by atoms with Crippen molar-refractivity contribution in [2.45, 2.75) is 32.7 Å². The number of rotatable bonds is 4. The van der Waals surface area contributed by atoms with Gasteiger partial charge in [-0.25, -0.2) is 4.39 Å². The van der Waals surface area contributed by atoms with Crippen molar-refractivity contribution in [1.82, 2.24) is 5.32 Å². The lowest BCUT2D eigenvalue weighted by atomic mass is 9.88. The largest absolute Gasteiger partial charge is 0.313 e. The van der Waals surface area contributed by atoms with Crippen molar-refractivity contribution in [2.75, 3.05) is 18.1 Å². The number of benzene rings is 1. The zero-order valence-electron chi connectivity index (χ0n) is 11.2. The van der Waals surface area contributed by atoms with Gasteiger partial charge in [0.25, 0.3) is 0 Å². The van der Waals surface area contributed by atoms with Gasteiger partial charge in [-0.15, -0.1) is 0 Å². The SMILES string of the molecule is CC1(C)CSCC(NCCc2ccccc2F)C1. The third-order valence-corrected chi connectivity index (χ3v) is 5.02. The van der Waals surface area contributed by atoms with Gasteiger partial charge >= 0.3 is 0 Å². The van der Waals surface area contributed by atoms with E-state index >= 15 is 0 Å². The third-order valence-electron chi connectivity index (χ3n) is 3.40. The summed E-state index contributed by atoms with van der Waals surface area (Å²) in [6.45, 7) is 5.51. The van der Waals surface area contributed by atoms with Crippen LogP contribution in [0.5, 0.6) is 0 Å². The van der Waals surface area contributed by atoms with E-state index in [-0.39, 0.29) is 5.82 Å². The molecule has 1 aromatic carbocycles. The lowest BCUT2D eigenvalue weighted by molar-refractivity contribution is 0.319. The first-order valence-corrected chi connectivity index (χ1v) is 7.77. The van der Waals surface area contributed by atoms with Crippen LogP contribution in [0.1, 0.15) is 25.8 Å². The molecule has 3 heteroatoms. The molecule has 2 rings (SSSR count). The van der Waals surface area contributed by atoms with Crippen molar-refractivity contribution >= 4 is 11.8 Å². The molecule has 0 saturated carbocycles. The predicted molar refractivity (Wildman–Crippen MR) is 77.6 cm³/mol. The molecular weight excluding hydrogens is 245 g/mol. The Kier molecular flexibility index (Phi) is 4.68. The van der Waals surface area contributed by atoms with Crippen molar-refractivity contribution in [3.8, 4) is 0 Å². The van der Waals surface area contributed by atoms with Gasteiger partial charge in [-0.3, -0.25) is 0 Å². The summed E-state index contributed by atoms with van der Waals surface area (Å²) in [5, 5.41) is 3.57. The van der Waals surface area contributed by atoms with Crippen LogP contribution in [0.3, 0.4) is 0 Å². The summed E-state index contributed by atoms with van der Waals surface area (Å²) in [6.07, 6.45) is 1.99. The summed E-state index contributed by atoms with van der Waals surface area (Å²) >= 11 is 2.02. The van der Waals surface area contributed by atoms with E-state index in [2.05, 4.69) is 19.2 Å². The number of hydrogen-bond acceptors (Lipinski definition) is 2. The average molecular weight is 267 g/mol. The van der Waals surface area contributed by atoms with Crippen molar-refractivity contribution in [3.05, 3.63) is 35.6 Å². The molecule has 1 aliphatic rings. The van der Waals surface area contributed by atoms with Gasteiger partial charge in [0.15, 0.2) is 0 Å². The molecule has 1 fully saturated rings. The van der Waals surface area contributed by atoms with Crippen LogP contribution in [-0.2, 0) is 6.42 Å². The van der Waals surface area contributed by atoms with Gasteiger partial charge in [0, 0.05) is 11.8 Å². The summed E-state index contributed by atoms with van der Waals surface area (Å²) in [5.74, 6) is 2.34. The maximum Gasteiger partial charge on any atom is 0.126 e. The normalized spacial score (nSPS) is 22.9. The van der Waals surface area contributed by atoms with Gasteiger partial charge in [0.1, 0.15) is 5.82 Å². The molecule has 0 spiro atoms. The van der Waals surface area contributed by atoms with Gasteiger partial charge in [-0.2, -0.15) is 11.8 Å². The van der Waals surface area contributed by atoms with E-state index in [1.54, 1.807) is 6.07 Å². The van der Waals surface area contributed by atoms with Crippen LogP contribution in [0.4, 0.5) is 4.39 Å². The van der Waals surface area contributed by atoms with Gasteiger partial charge < -0.3 is 5.32 Å². The van der Waals surface area contributed by atoms with E-state index < -0.39 is 0 Å². The maximum atomic E-state index is 13.4. The molecule has 1 aliphatic heterocycles. The van der Waals surface area contributed by atoms with Crippen LogP contribution in [0, 0.1) is 11.2 Å².